The Morgan fingerprint density at radius 3 is 2.49 bits per heavy atom. The fourth-order valence-corrected chi connectivity index (χ4v) is 5.00. The topological polar surface area (TPSA) is 86.8 Å². The van der Waals surface area contributed by atoms with E-state index in [4.69, 9.17) is 0 Å². The third-order valence-electron chi connectivity index (χ3n) is 5.14. The van der Waals surface area contributed by atoms with Gasteiger partial charge in [0.05, 0.1) is 34.7 Å². The number of aromatic nitrogens is 4. The van der Waals surface area contributed by atoms with E-state index in [2.05, 4.69) is 10.2 Å². The van der Waals surface area contributed by atoms with Gasteiger partial charge in [-0.3, -0.25) is 4.79 Å². The number of halogens is 6. The van der Waals surface area contributed by atoms with Gasteiger partial charge in [-0.1, -0.05) is 18.2 Å². The molecule has 0 spiro atoms. The number of aryl methyl sites for hydroxylation is 1. The van der Waals surface area contributed by atoms with E-state index in [1.165, 1.54) is 31.3 Å². The molecular formula is C21H14F6N4O3S. The van der Waals surface area contributed by atoms with Gasteiger partial charge in [-0.2, -0.15) is 44.7 Å². The Bertz CT molecular complexity index is 1560. The van der Waals surface area contributed by atoms with Gasteiger partial charge in [0.15, 0.2) is 5.78 Å². The molecule has 14 heteroatoms. The minimum atomic E-state index is -4.97. The minimum Gasteiger partial charge on any atom is -0.294 e. The number of carbonyl (C=O) groups is 1. The lowest BCUT2D eigenvalue weighted by Crippen LogP contribution is -2.17. The van der Waals surface area contributed by atoms with E-state index in [0.29, 0.717) is 16.4 Å². The number of fused-ring (bicyclic) bond motifs is 1. The van der Waals surface area contributed by atoms with Crippen LogP contribution in [0.4, 0.5) is 26.3 Å². The Kier molecular flexibility index (Phi) is 5.95. The van der Waals surface area contributed by atoms with Crippen molar-refractivity contribution in [3.63, 3.8) is 0 Å². The third kappa shape index (κ3) is 4.40. The SMILES string of the molecule is Cc1nn(C(F)F)cc1S(=O)(=O)n1ncc2ccc(CC(=O)c3c(F)cccc3C(F)(F)F)cc21. The number of hydrogen-bond acceptors (Lipinski definition) is 5. The molecule has 4 rings (SSSR count). The van der Waals surface area contributed by atoms with Gasteiger partial charge in [-0.25, -0.2) is 9.07 Å². The number of carbonyl (C=O) groups excluding carboxylic acids is 1. The first-order chi connectivity index (χ1) is 16.3. The lowest BCUT2D eigenvalue weighted by molar-refractivity contribution is -0.138. The summed E-state index contributed by atoms with van der Waals surface area (Å²) in [6.45, 7) is -1.86. The number of rotatable bonds is 6. The third-order valence-corrected chi connectivity index (χ3v) is 6.85. The van der Waals surface area contributed by atoms with Crippen LogP contribution in [0.5, 0.6) is 0 Å². The first-order valence-corrected chi connectivity index (χ1v) is 11.2. The standard InChI is InChI=1S/C21H14F6N4O3S/c1-11-18(10-30(29-11)20(23)24)35(33,34)31-16-7-12(5-6-13(16)9-28-31)8-17(32)19-14(21(25,26)27)3-2-4-15(19)22/h2-7,9-10,20H,8H2,1H3. The van der Waals surface area contributed by atoms with E-state index >= 15 is 0 Å². The van der Waals surface area contributed by atoms with Gasteiger partial charge in [0.25, 0.3) is 10.0 Å². The molecule has 4 aromatic rings. The summed E-state index contributed by atoms with van der Waals surface area (Å²) in [5.41, 5.74) is -2.75. The molecule has 0 fully saturated rings. The van der Waals surface area contributed by atoms with Crippen LogP contribution in [0.2, 0.25) is 0 Å². The van der Waals surface area contributed by atoms with Crippen molar-refractivity contribution in [1.29, 1.82) is 0 Å². The fraction of sp³-hybridized carbons (Fsp3) is 0.190. The van der Waals surface area contributed by atoms with Crippen LogP contribution in [-0.4, -0.2) is 33.2 Å². The molecule has 0 unspecified atom stereocenters. The molecule has 2 aromatic heterocycles. The van der Waals surface area contributed by atoms with Crippen molar-refractivity contribution in [2.24, 2.45) is 0 Å². The van der Waals surface area contributed by atoms with E-state index < -0.39 is 56.8 Å². The second-order valence-corrected chi connectivity index (χ2v) is 9.22. The molecule has 2 aromatic carbocycles. The van der Waals surface area contributed by atoms with Crippen molar-refractivity contribution in [2.75, 3.05) is 0 Å². The second-order valence-electron chi connectivity index (χ2n) is 7.48. The molecule has 2 heterocycles. The number of alkyl halides is 5. The number of ketones is 1. The van der Waals surface area contributed by atoms with Crippen molar-refractivity contribution >= 4 is 26.7 Å². The minimum absolute atomic E-state index is 0.0657. The lowest BCUT2D eigenvalue weighted by atomic mass is 9.97. The highest BCUT2D eigenvalue weighted by atomic mass is 32.2. The van der Waals surface area contributed by atoms with E-state index in [9.17, 15) is 39.6 Å². The number of hydrogen-bond donors (Lipinski definition) is 0. The summed E-state index contributed by atoms with van der Waals surface area (Å²) in [6, 6.07) is 6.07. The number of benzene rings is 2. The van der Waals surface area contributed by atoms with E-state index in [0.717, 1.165) is 12.1 Å². The van der Waals surface area contributed by atoms with Crippen LogP contribution in [-0.2, 0) is 22.6 Å². The highest BCUT2D eigenvalue weighted by molar-refractivity contribution is 7.90. The zero-order chi connectivity index (χ0) is 25.7. The van der Waals surface area contributed by atoms with Gasteiger partial charge in [0, 0.05) is 11.8 Å². The van der Waals surface area contributed by atoms with Crippen molar-refractivity contribution < 1.29 is 39.6 Å². The van der Waals surface area contributed by atoms with Crippen LogP contribution >= 0.6 is 0 Å². The van der Waals surface area contributed by atoms with Crippen LogP contribution in [0.3, 0.4) is 0 Å². The van der Waals surface area contributed by atoms with Gasteiger partial charge >= 0.3 is 12.7 Å². The normalized spacial score (nSPS) is 12.6. The summed E-state index contributed by atoms with van der Waals surface area (Å²) in [6.07, 6.45) is -3.82. The fourth-order valence-electron chi connectivity index (χ4n) is 3.57. The van der Waals surface area contributed by atoms with Crippen LogP contribution in [0.15, 0.2) is 53.7 Å². The quantitative estimate of drug-likeness (QED) is 0.273. The maximum atomic E-state index is 14.2. The number of Topliss-reactive ketones (excluding diaryl/α,β-unsaturated/α-hetero) is 1. The molecule has 184 valence electrons. The van der Waals surface area contributed by atoms with Crippen molar-refractivity contribution in [3.8, 4) is 0 Å². The van der Waals surface area contributed by atoms with Crippen molar-refractivity contribution in [2.45, 2.75) is 31.0 Å². The molecule has 0 saturated carbocycles. The molecule has 0 saturated heterocycles. The Labute approximate surface area is 193 Å². The predicted molar refractivity (Wildman–Crippen MR) is 110 cm³/mol. The monoisotopic (exact) mass is 516 g/mol. The van der Waals surface area contributed by atoms with Gasteiger partial charge in [-0.05, 0) is 30.7 Å². The Morgan fingerprint density at radius 2 is 1.86 bits per heavy atom. The van der Waals surface area contributed by atoms with E-state index in [1.54, 1.807) is 0 Å². The van der Waals surface area contributed by atoms with Crippen LogP contribution in [0.1, 0.15) is 33.7 Å². The molecule has 0 aliphatic heterocycles. The average molecular weight is 516 g/mol. The zero-order valence-electron chi connectivity index (χ0n) is 17.6. The smallest absolute Gasteiger partial charge is 0.294 e. The van der Waals surface area contributed by atoms with Gasteiger partial charge in [0.1, 0.15) is 10.7 Å². The first-order valence-electron chi connectivity index (χ1n) is 9.75. The highest BCUT2D eigenvalue weighted by Gasteiger charge is 2.36. The molecule has 0 N–H and O–H groups in total. The summed E-state index contributed by atoms with van der Waals surface area (Å²) in [4.78, 5) is 12.1. The Hall–Kier alpha value is -3.68. The van der Waals surface area contributed by atoms with E-state index in [-0.39, 0.29) is 26.8 Å². The summed E-state index contributed by atoms with van der Waals surface area (Å²) in [5.74, 6) is -2.51. The summed E-state index contributed by atoms with van der Waals surface area (Å²) >= 11 is 0. The van der Waals surface area contributed by atoms with Gasteiger partial charge < -0.3 is 0 Å². The lowest BCUT2D eigenvalue weighted by Gasteiger charge is -2.13. The molecule has 35 heavy (non-hydrogen) atoms. The van der Waals surface area contributed by atoms with E-state index in [1.807, 2.05) is 0 Å². The molecule has 0 bridgehead atoms. The Balaban J connectivity index is 1.75. The molecule has 0 radical (unpaired) electrons. The maximum absolute atomic E-state index is 14.2. The molecule has 0 aliphatic rings. The van der Waals surface area contributed by atoms with Crippen LogP contribution in [0.25, 0.3) is 10.9 Å². The van der Waals surface area contributed by atoms with Crippen LogP contribution in [0, 0.1) is 12.7 Å². The number of nitrogens with zero attached hydrogens (tertiary/aromatic N) is 4. The van der Waals surface area contributed by atoms with Crippen molar-refractivity contribution in [3.05, 3.63) is 77.0 Å². The van der Waals surface area contributed by atoms with Crippen molar-refractivity contribution in [1.82, 2.24) is 19.0 Å². The maximum Gasteiger partial charge on any atom is 0.417 e. The summed E-state index contributed by atoms with van der Waals surface area (Å²) in [7, 11) is -4.50. The Morgan fingerprint density at radius 1 is 1.14 bits per heavy atom. The molecule has 7 nitrogen and oxygen atoms in total. The molecular weight excluding hydrogens is 502 g/mol. The summed E-state index contributed by atoms with van der Waals surface area (Å²) in [5, 5.41) is 7.54. The largest absolute Gasteiger partial charge is 0.417 e. The molecule has 0 atom stereocenters. The molecule has 0 aliphatic carbocycles. The van der Waals surface area contributed by atoms with Crippen LogP contribution < -0.4 is 0 Å². The molecule has 0 amide bonds. The first kappa shape index (κ1) is 24.4. The predicted octanol–water partition coefficient (Wildman–Crippen LogP) is 4.76. The van der Waals surface area contributed by atoms with Gasteiger partial charge in [0.2, 0.25) is 0 Å². The average Bonchev–Trinajstić information content (AvgIpc) is 3.37. The summed E-state index contributed by atoms with van der Waals surface area (Å²) < 4.78 is 107. The zero-order valence-corrected chi connectivity index (χ0v) is 18.4. The highest BCUT2D eigenvalue weighted by Crippen LogP contribution is 2.34. The second kappa shape index (κ2) is 8.52. The van der Waals surface area contributed by atoms with Gasteiger partial charge in [-0.15, -0.1) is 0 Å².